The summed E-state index contributed by atoms with van der Waals surface area (Å²) in [6, 6.07) is 8.21. The molecule has 0 heterocycles. The fraction of sp³-hybridized carbons (Fsp3) is 0.273. The quantitative estimate of drug-likeness (QED) is 0.709. The van der Waals surface area contributed by atoms with E-state index in [9.17, 15) is 0 Å². The zero-order valence-electron chi connectivity index (χ0n) is 7.67. The third-order valence-corrected chi connectivity index (χ3v) is 1.95. The highest BCUT2D eigenvalue weighted by Gasteiger charge is 1.98. The van der Waals surface area contributed by atoms with E-state index in [-0.39, 0.29) is 0 Å². The average Bonchev–Trinajstić information content (AvgIpc) is 2.04. The summed E-state index contributed by atoms with van der Waals surface area (Å²) in [7, 11) is 0. The van der Waals surface area contributed by atoms with Gasteiger partial charge in [0.05, 0.1) is 0 Å². The third kappa shape index (κ3) is 1.88. The Balaban J connectivity index is 2.93. The van der Waals surface area contributed by atoms with Crippen molar-refractivity contribution in [1.29, 1.82) is 0 Å². The molecule has 0 fully saturated rings. The summed E-state index contributed by atoms with van der Waals surface area (Å²) >= 11 is 0. The minimum Gasteiger partial charge on any atom is -0.399 e. The molecule has 0 aliphatic carbocycles. The normalized spacial score (nSPS) is 10.2. The van der Waals surface area contributed by atoms with Gasteiger partial charge < -0.3 is 5.73 Å². The van der Waals surface area contributed by atoms with Gasteiger partial charge in [-0.25, -0.2) is 0 Å². The second-order valence-electron chi connectivity index (χ2n) is 3.30. The lowest BCUT2D eigenvalue weighted by molar-refractivity contribution is 0.866. The predicted octanol–water partition coefficient (Wildman–Crippen LogP) is 2.74. The maximum Gasteiger partial charge on any atom is 0.0314 e. The molecule has 0 unspecified atom stereocenters. The second kappa shape index (κ2) is 3.44. The van der Waals surface area contributed by atoms with E-state index in [0.29, 0.717) is 11.6 Å². The second-order valence-corrected chi connectivity index (χ2v) is 3.30. The lowest BCUT2D eigenvalue weighted by atomic mass is 10.0. The van der Waals surface area contributed by atoms with Gasteiger partial charge in [0.1, 0.15) is 0 Å². The molecule has 0 atom stereocenters. The molecule has 0 radical (unpaired) electrons. The lowest BCUT2D eigenvalue weighted by Crippen LogP contribution is -1.94. The molecule has 2 N–H and O–H groups in total. The predicted molar refractivity (Wildman–Crippen MR) is 53.8 cm³/mol. The summed E-state index contributed by atoms with van der Waals surface area (Å²) in [5.74, 6) is 0.574. The zero-order valence-corrected chi connectivity index (χ0v) is 7.67. The van der Waals surface area contributed by atoms with Crippen LogP contribution < -0.4 is 5.73 Å². The van der Waals surface area contributed by atoms with Crippen LogP contribution >= 0.6 is 0 Å². The highest BCUT2D eigenvalue weighted by Crippen LogP contribution is 2.16. The van der Waals surface area contributed by atoms with E-state index in [1.54, 1.807) is 0 Å². The molecule has 1 aromatic carbocycles. The molecule has 1 nitrogen and oxygen atoms in total. The van der Waals surface area contributed by atoms with Gasteiger partial charge in [-0.05, 0) is 17.0 Å². The van der Waals surface area contributed by atoms with E-state index in [4.69, 9.17) is 5.73 Å². The Morgan fingerprint density at radius 3 is 2.08 bits per heavy atom. The van der Waals surface area contributed by atoms with Crippen molar-refractivity contribution in [3.8, 4) is 0 Å². The Labute approximate surface area is 73.9 Å². The molecule has 0 aliphatic heterocycles. The first-order valence-electron chi connectivity index (χ1n) is 4.16. The number of benzene rings is 1. The van der Waals surface area contributed by atoms with Gasteiger partial charge in [-0.15, -0.1) is 0 Å². The SMILES string of the molecule is C=C(N)c1ccc(C(C)C)cc1. The molecule has 0 saturated heterocycles. The van der Waals surface area contributed by atoms with Gasteiger partial charge in [-0.1, -0.05) is 44.7 Å². The molecular formula is C11H15N. The van der Waals surface area contributed by atoms with Crippen LogP contribution in [0.2, 0.25) is 0 Å². The fourth-order valence-corrected chi connectivity index (χ4v) is 1.08. The summed E-state index contributed by atoms with van der Waals surface area (Å²) in [6.07, 6.45) is 0. The highest BCUT2D eigenvalue weighted by atomic mass is 14.6. The van der Waals surface area contributed by atoms with Gasteiger partial charge in [-0.2, -0.15) is 0 Å². The molecule has 0 aliphatic rings. The first-order chi connectivity index (χ1) is 5.61. The maximum absolute atomic E-state index is 5.55. The Morgan fingerprint density at radius 2 is 1.75 bits per heavy atom. The minimum atomic E-state index is 0.574. The van der Waals surface area contributed by atoms with Crippen LogP contribution in [-0.4, -0.2) is 0 Å². The summed E-state index contributed by atoms with van der Waals surface area (Å²) in [5, 5.41) is 0. The van der Waals surface area contributed by atoms with Crippen molar-refractivity contribution in [2.24, 2.45) is 5.73 Å². The monoisotopic (exact) mass is 161 g/mol. The Kier molecular flexibility index (Phi) is 2.54. The lowest BCUT2D eigenvalue weighted by Gasteiger charge is -2.05. The van der Waals surface area contributed by atoms with Crippen LogP contribution in [-0.2, 0) is 0 Å². The van der Waals surface area contributed by atoms with Crippen molar-refractivity contribution < 1.29 is 0 Å². The first kappa shape index (κ1) is 8.85. The Bertz CT molecular complexity index is 270. The first-order valence-corrected chi connectivity index (χ1v) is 4.16. The van der Waals surface area contributed by atoms with Crippen LogP contribution in [0, 0.1) is 0 Å². The van der Waals surface area contributed by atoms with Crippen molar-refractivity contribution in [1.82, 2.24) is 0 Å². The largest absolute Gasteiger partial charge is 0.399 e. The van der Waals surface area contributed by atoms with Gasteiger partial charge in [0.25, 0.3) is 0 Å². The van der Waals surface area contributed by atoms with Gasteiger partial charge >= 0.3 is 0 Å². The van der Waals surface area contributed by atoms with Crippen LogP contribution in [0.4, 0.5) is 0 Å². The number of hydrogen-bond donors (Lipinski definition) is 1. The Morgan fingerprint density at radius 1 is 1.25 bits per heavy atom. The third-order valence-electron chi connectivity index (χ3n) is 1.95. The summed E-state index contributed by atoms with van der Waals surface area (Å²) in [5.41, 5.74) is 8.52. The summed E-state index contributed by atoms with van der Waals surface area (Å²) in [4.78, 5) is 0. The highest BCUT2D eigenvalue weighted by molar-refractivity contribution is 5.60. The number of hydrogen-bond acceptors (Lipinski definition) is 1. The molecule has 12 heavy (non-hydrogen) atoms. The molecule has 0 bridgehead atoms. The van der Waals surface area contributed by atoms with E-state index >= 15 is 0 Å². The van der Waals surface area contributed by atoms with Crippen LogP contribution in [0.1, 0.15) is 30.9 Å². The van der Waals surface area contributed by atoms with Gasteiger partial charge in [0.15, 0.2) is 0 Å². The van der Waals surface area contributed by atoms with E-state index in [0.717, 1.165) is 5.56 Å². The van der Waals surface area contributed by atoms with Gasteiger partial charge in [0, 0.05) is 5.70 Å². The van der Waals surface area contributed by atoms with E-state index in [1.807, 2.05) is 12.1 Å². The number of nitrogens with two attached hydrogens (primary N) is 1. The Hall–Kier alpha value is -1.24. The molecule has 0 spiro atoms. The minimum absolute atomic E-state index is 0.574. The molecule has 0 aromatic heterocycles. The topological polar surface area (TPSA) is 26.0 Å². The molecule has 64 valence electrons. The van der Waals surface area contributed by atoms with E-state index in [2.05, 4.69) is 32.6 Å². The molecule has 1 heteroatoms. The van der Waals surface area contributed by atoms with E-state index in [1.165, 1.54) is 5.56 Å². The maximum atomic E-state index is 5.55. The molecule has 1 aromatic rings. The molecular weight excluding hydrogens is 146 g/mol. The van der Waals surface area contributed by atoms with Crippen LogP contribution in [0.25, 0.3) is 5.70 Å². The van der Waals surface area contributed by atoms with Gasteiger partial charge in [0.2, 0.25) is 0 Å². The average molecular weight is 161 g/mol. The van der Waals surface area contributed by atoms with E-state index < -0.39 is 0 Å². The zero-order chi connectivity index (χ0) is 9.14. The number of rotatable bonds is 2. The van der Waals surface area contributed by atoms with Crippen LogP contribution in [0.3, 0.4) is 0 Å². The van der Waals surface area contributed by atoms with Crippen LogP contribution in [0.5, 0.6) is 0 Å². The van der Waals surface area contributed by atoms with Crippen molar-refractivity contribution in [3.05, 3.63) is 42.0 Å². The molecule has 0 amide bonds. The summed E-state index contributed by atoms with van der Waals surface area (Å²) in [6.45, 7) is 8.02. The molecule has 1 rings (SSSR count). The van der Waals surface area contributed by atoms with Crippen molar-refractivity contribution in [2.75, 3.05) is 0 Å². The fourth-order valence-electron chi connectivity index (χ4n) is 1.08. The standard InChI is InChI=1S/C11H15N/c1-8(2)10-4-6-11(7-5-10)9(3)12/h4-8H,3,12H2,1-2H3. The summed E-state index contributed by atoms with van der Waals surface area (Å²) < 4.78 is 0. The smallest absolute Gasteiger partial charge is 0.0314 e. The van der Waals surface area contributed by atoms with Crippen molar-refractivity contribution >= 4 is 5.70 Å². The van der Waals surface area contributed by atoms with Crippen molar-refractivity contribution in [3.63, 3.8) is 0 Å². The van der Waals surface area contributed by atoms with Gasteiger partial charge in [-0.3, -0.25) is 0 Å². The van der Waals surface area contributed by atoms with Crippen LogP contribution in [0.15, 0.2) is 30.8 Å². The molecule has 0 saturated carbocycles. The van der Waals surface area contributed by atoms with Crippen molar-refractivity contribution in [2.45, 2.75) is 19.8 Å².